The van der Waals surface area contributed by atoms with Crippen LogP contribution >= 0.6 is 0 Å². The number of Topliss-reactive ketones (excluding diaryl/α,β-unsaturated/α-hetero) is 1. The highest BCUT2D eigenvalue weighted by Crippen LogP contribution is 2.17. The Bertz CT molecular complexity index is 970. The van der Waals surface area contributed by atoms with Crippen molar-refractivity contribution in [2.75, 3.05) is 6.61 Å². The van der Waals surface area contributed by atoms with Gasteiger partial charge in [0.15, 0.2) is 5.78 Å². The monoisotopic (exact) mass is 446 g/mol. The maximum Gasteiger partial charge on any atom is 0.238 e. The van der Waals surface area contributed by atoms with Crippen LogP contribution in [0.1, 0.15) is 67.9 Å². The van der Waals surface area contributed by atoms with Gasteiger partial charge >= 0.3 is 0 Å². The van der Waals surface area contributed by atoms with Crippen LogP contribution in [-0.2, 0) is 14.8 Å². The molecule has 0 spiro atoms. The molecule has 168 valence electrons. The van der Waals surface area contributed by atoms with Gasteiger partial charge in [0.25, 0.3) is 0 Å². The predicted molar refractivity (Wildman–Crippen MR) is 119 cm³/mol. The zero-order valence-electron chi connectivity index (χ0n) is 18.0. The molecule has 0 heterocycles. The second kappa shape index (κ2) is 11.6. The second-order valence-corrected chi connectivity index (χ2v) is 8.97. The van der Waals surface area contributed by atoms with E-state index in [2.05, 4.69) is 12.2 Å². The van der Waals surface area contributed by atoms with Crippen molar-refractivity contribution in [2.24, 2.45) is 5.14 Å². The van der Waals surface area contributed by atoms with Crippen LogP contribution in [0.15, 0.2) is 53.4 Å². The van der Waals surface area contributed by atoms with Crippen LogP contribution in [0.3, 0.4) is 0 Å². The molecule has 7 nitrogen and oxygen atoms in total. The molecule has 0 saturated carbocycles. The Balaban J connectivity index is 1.80. The lowest BCUT2D eigenvalue weighted by Gasteiger charge is -2.14. The van der Waals surface area contributed by atoms with Crippen molar-refractivity contribution >= 4 is 21.7 Å². The molecule has 1 amide bonds. The van der Waals surface area contributed by atoms with E-state index in [0.29, 0.717) is 12.2 Å². The molecule has 0 bridgehead atoms. The molecule has 0 unspecified atom stereocenters. The maximum absolute atomic E-state index is 12.4. The molecule has 0 radical (unpaired) electrons. The summed E-state index contributed by atoms with van der Waals surface area (Å²) in [6.45, 7) is 4.57. The fourth-order valence-electron chi connectivity index (χ4n) is 2.99. The molecule has 31 heavy (non-hydrogen) atoms. The number of carbonyl (C=O) groups excluding carboxylic acids is 2. The average Bonchev–Trinajstić information content (AvgIpc) is 2.75. The van der Waals surface area contributed by atoms with Gasteiger partial charge in [-0.3, -0.25) is 9.59 Å². The second-order valence-electron chi connectivity index (χ2n) is 7.41. The summed E-state index contributed by atoms with van der Waals surface area (Å²) in [6.07, 6.45) is 3.42. The van der Waals surface area contributed by atoms with Gasteiger partial charge in [0.05, 0.1) is 17.5 Å². The van der Waals surface area contributed by atoms with Crippen LogP contribution in [0, 0.1) is 0 Å². The zero-order chi connectivity index (χ0) is 22.9. The third-order valence-corrected chi connectivity index (χ3v) is 5.79. The molecule has 2 aromatic carbocycles. The molecule has 0 aromatic heterocycles. The summed E-state index contributed by atoms with van der Waals surface area (Å²) in [6, 6.07) is 12.6. The van der Waals surface area contributed by atoms with E-state index in [1.54, 1.807) is 43.3 Å². The number of benzene rings is 2. The third-order valence-electron chi connectivity index (χ3n) is 4.86. The molecule has 3 N–H and O–H groups in total. The van der Waals surface area contributed by atoms with Gasteiger partial charge in [-0.1, -0.05) is 31.9 Å². The van der Waals surface area contributed by atoms with E-state index in [-0.39, 0.29) is 35.5 Å². The van der Waals surface area contributed by atoms with E-state index >= 15 is 0 Å². The summed E-state index contributed by atoms with van der Waals surface area (Å²) in [5.74, 6) is 0.359. The summed E-state index contributed by atoms with van der Waals surface area (Å²) >= 11 is 0. The summed E-state index contributed by atoms with van der Waals surface area (Å²) in [7, 11) is -3.76. The molecular formula is C23H30N2O5S. The first kappa shape index (κ1) is 24.6. The number of sulfonamides is 1. The van der Waals surface area contributed by atoms with Crippen LogP contribution in [0.5, 0.6) is 5.75 Å². The van der Waals surface area contributed by atoms with E-state index in [9.17, 15) is 18.0 Å². The van der Waals surface area contributed by atoms with Gasteiger partial charge in [0.2, 0.25) is 15.9 Å². The Morgan fingerprint density at radius 3 is 2.23 bits per heavy atom. The standard InChI is InChI=1S/C23H30N2O5S/c1-3-4-5-16-30-20-10-6-19(7-11-20)22(26)14-15-23(27)25-17(2)18-8-12-21(13-9-18)31(24,28)29/h6-13,17H,3-5,14-16H2,1-2H3,(H,25,27)(H2,24,28,29)/t17-/m1/s1. The SMILES string of the molecule is CCCCCOc1ccc(C(=O)CCC(=O)N[C@H](C)c2ccc(S(N)(=O)=O)cc2)cc1. The topological polar surface area (TPSA) is 116 Å². The molecule has 0 fully saturated rings. The fourth-order valence-corrected chi connectivity index (χ4v) is 3.51. The van der Waals surface area contributed by atoms with Crippen molar-refractivity contribution in [3.05, 3.63) is 59.7 Å². The minimum Gasteiger partial charge on any atom is -0.494 e. The zero-order valence-corrected chi connectivity index (χ0v) is 18.8. The number of unbranched alkanes of at least 4 members (excludes halogenated alkanes) is 2. The van der Waals surface area contributed by atoms with Crippen molar-refractivity contribution in [1.82, 2.24) is 5.32 Å². The summed E-state index contributed by atoms with van der Waals surface area (Å²) in [5, 5.41) is 7.90. The van der Waals surface area contributed by atoms with Crippen molar-refractivity contribution in [3.63, 3.8) is 0 Å². The highest BCUT2D eigenvalue weighted by molar-refractivity contribution is 7.89. The molecule has 0 aliphatic carbocycles. The van der Waals surface area contributed by atoms with Gasteiger partial charge in [0.1, 0.15) is 5.75 Å². The Labute approximate surface area is 184 Å². The van der Waals surface area contributed by atoms with Crippen molar-refractivity contribution in [3.8, 4) is 5.75 Å². The normalized spacial score (nSPS) is 12.2. The summed E-state index contributed by atoms with van der Waals surface area (Å²) in [5.41, 5.74) is 1.28. The van der Waals surface area contributed by atoms with Crippen LogP contribution in [0.4, 0.5) is 0 Å². The Morgan fingerprint density at radius 1 is 1.00 bits per heavy atom. The fraction of sp³-hybridized carbons (Fsp3) is 0.391. The largest absolute Gasteiger partial charge is 0.494 e. The van der Waals surface area contributed by atoms with Crippen molar-refractivity contribution < 1.29 is 22.7 Å². The highest BCUT2D eigenvalue weighted by Gasteiger charge is 2.14. The van der Waals surface area contributed by atoms with Crippen LogP contribution in [0.25, 0.3) is 0 Å². The Morgan fingerprint density at radius 2 is 1.65 bits per heavy atom. The summed E-state index contributed by atoms with van der Waals surface area (Å²) < 4.78 is 28.3. The van der Waals surface area contributed by atoms with Gasteiger partial charge in [-0.2, -0.15) is 0 Å². The first-order chi connectivity index (χ1) is 14.7. The lowest BCUT2D eigenvalue weighted by molar-refractivity contribution is -0.121. The first-order valence-corrected chi connectivity index (χ1v) is 11.9. The van der Waals surface area contributed by atoms with E-state index < -0.39 is 10.0 Å². The number of ketones is 1. The van der Waals surface area contributed by atoms with E-state index in [1.165, 1.54) is 12.1 Å². The van der Waals surface area contributed by atoms with Crippen molar-refractivity contribution in [1.29, 1.82) is 0 Å². The van der Waals surface area contributed by atoms with E-state index in [1.807, 2.05) is 0 Å². The van der Waals surface area contributed by atoms with Crippen molar-refractivity contribution in [2.45, 2.75) is 56.9 Å². The predicted octanol–water partition coefficient (Wildman–Crippen LogP) is 3.74. The quantitative estimate of drug-likeness (QED) is 0.381. The number of rotatable bonds is 12. The maximum atomic E-state index is 12.4. The minimum absolute atomic E-state index is 0.0118. The first-order valence-electron chi connectivity index (χ1n) is 10.4. The number of nitrogens with two attached hydrogens (primary N) is 1. The number of hydrogen-bond acceptors (Lipinski definition) is 5. The molecule has 1 atom stereocenters. The van der Waals surface area contributed by atoms with Crippen LogP contribution < -0.4 is 15.2 Å². The highest BCUT2D eigenvalue weighted by atomic mass is 32.2. The number of ether oxygens (including phenoxy) is 1. The van der Waals surface area contributed by atoms with Gasteiger partial charge in [-0.25, -0.2) is 13.6 Å². The van der Waals surface area contributed by atoms with Crippen LogP contribution in [0.2, 0.25) is 0 Å². The van der Waals surface area contributed by atoms with E-state index in [0.717, 1.165) is 30.6 Å². The smallest absolute Gasteiger partial charge is 0.238 e. The Kier molecular flexibility index (Phi) is 9.21. The number of hydrogen-bond donors (Lipinski definition) is 2. The van der Waals surface area contributed by atoms with Crippen LogP contribution in [-0.4, -0.2) is 26.7 Å². The molecular weight excluding hydrogens is 416 g/mol. The van der Waals surface area contributed by atoms with E-state index in [4.69, 9.17) is 9.88 Å². The van der Waals surface area contributed by atoms with Gasteiger partial charge in [0, 0.05) is 18.4 Å². The van der Waals surface area contributed by atoms with Gasteiger partial charge < -0.3 is 10.1 Å². The lowest BCUT2D eigenvalue weighted by Crippen LogP contribution is -2.27. The Hall–Kier alpha value is -2.71. The average molecular weight is 447 g/mol. The molecule has 8 heteroatoms. The minimum atomic E-state index is -3.76. The molecule has 0 aliphatic rings. The molecule has 2 aromatic rings. The third kappa shape index (κ3) is 8.15. The molecule has 0 saturated heterocycles. The lowest BCUT2D eigenvalue weighted by atomic mass is 10.1. The number of amides is 1. The number of carbonyl (C=O) groups is 2. The number of nitrogens with one attached hydrogen (secondary N) is 1. The number of primary sulfonamides is 1. The molecule has 0 aliphatic heterocycles. The molecule has 2 rings (SSSR count). The summed E-state index contributed by atoms with van der Waals surface area (Å²) in [4.78, 5) is 24.6. The van der Waals surface area contributed by atoms with Gasteiger partial charge in [-0.15, -0.1) is 0 Å². The van der Waals surface area contributed by atoms with Gasteiger partial charge in [-0.05, 0) is 55.3 Å².